The second kappa shape index (κ2) is 6.52. The molecule has 0 saturated carbocycles. The Morgan fingerprint density at radius 2 is 2.00 bits per heavy atom. The zero-order valence-electron chi connectivity index (χ0n) is 9.23. The molecule has 0 aromatic rings. The Morgan fingerprint density at radius 3 is 2.56 bits per heavy atom. The van der Waals surface area contributed by atoms with E-state index in [1.165, 1.54) is 11.8 Å². The minimum atomic E-state index is -0.537. The summed E-state index contributed by atoms with van der Waals surface area (Å²) in [5.41, 5.74) is 0. The summed E-state index contributed by atoms with van der Waals surface area (Å²) in [5.74, 6) is -0.344. The lowest BCUT2D eigenvalue weighted by atomic mass is 10.4. The maximum Gasteiger partial charge on any atom is 0.342 e. The van der Waals surface area contributed by atoms with Gasteiger partial charge < -0.3 is 4.84 Å². The molecule has 90 valence electrons. The molecule has 1 aliphatic rings. The van der Waals surface area contributed by atoms with Crippen LogP contribution in [-0.2, 0) is 19.2 Å². The number of hydrogen-bond donors (Lipinski definition) is 0. The van der Waals surface area contributed by atoms with E-state index in [0.29, 0.717) is 5.06 Å². The van der Waals surface area contributed by atoms with Crippen LogP contribution in [0.25, 0.3) is 0 Å². The first kappa shape index (κ1) is 13.0. The predicted molar refractivity (Wildman–Crippen MR) is 59.4 cm³/mol. The number of rotatable bonds is 6. The topological polar surface area (TPSA) is 63.7 Å². The molecule has 0 bridgehead atoms. The Hall–Kier alpha value is -1.04. The summed E-state index contributed by atoms with van der Waals surface area (Å²) in [5, 5.41) is 0.586. The van der Waals surface area contributed by atoms with Crippen molar-refractivity contribution in [3.8, 4) is 0 Å². The van der Waals surface area contributed by atoms with Crippen LogP contribution < -0.4 is 0 Å². The second-order valence-electron chi connectivity index (χ2n) is 3.45. The maximum atomic E-state index is 11.3. The number of amides is 2. The average Bonchev–Trinajstić information content (AvgIpc) is 2.56. The van der Waals surface area contributed by atoms with Gasteiger partial charge in [0.15, 0.2) is 0 Å². The monoisotopic (exact) mass is 245 g/mol. The lowest BCUT2D eigenvalue weighted by Crippen LogP contribution is -2.32. The Bertz CT molecular complexity index is 277. The van der Waals surface area contributed by atoms with Gasteiger partial charge in [0, 0.05) is 12.8 Å². The largest absolute Gasteiger partial charge is 0.342 e. The summed E-state index contributed by atoms with van der Waals surface area (Å²) < 4.78 is 0. The molecule has 0 N–H and O–H groups in total. The fourth-order valence-electron chi connectivity index (χ4n) is 1.19. The number of nitrogens with zero attached hydrogens (tertiary/aromatic N) is 1. The van der Waals surface area contributed by atoms with E-state index < -0.39 is 17.8 Å². The van der Waals surface area contributed by atoms with Gasteiger partial charge in [0.1, 0.15) is 0 Å². The molecule has 1 aliphatic heterocycles. The van der Waals surface area contributed by atoms with Gasteiger partial charge in [-0.15, -0.1) is 5.06 Å². The molecule has 0 atom stereocenters. The van der Waals surface area contributed by atoms with E-state index >= 15 is 0 Å². The number of imide groups is 1. The van der Waals surface area contributed by atoms with Crippen LogP contribution in [0.2, 0.25) is 0 Å². The van der Waals surface area contributed by atoms with Crippen LogP contribution in [0.15, 0.2) is 0 Å². The highest BCUT2D eigenvalue weighted by molar-refractivity contribution is 7.99. The van der Waals surface area contributed by atoms with E-state index in [1.54, 1.807) is 0 Å². The van der Waals surface area contributed by atoms with Gasteiger partial charge >= 0.3 is 5.97 Å². The first-order valence-electron chi connectivity index (χ1n) is 5.29. The van der Waals surface area contributed by atoms with Crippen molar-refractivity contribution in [2.24, 2.45) is 0 Å². The average molecular weight is 245 g/mol. The van der Waals surface area contributed by atoms with Crippen LogP contribution >= 0.6 is 11.8 Å². The molecule has 0 aromatic heterocycles. The first-order valence-corrected chi connectivity index (χ1v) is 6.45. The lowest BCUT2D eigenvalue weighted by molar-refractivity contribution is -0.195. The molecular formula is C10H15NO4S. The molecule has 0 aromatic carbocycles. The summed E-state index contributed by atoms with van der Waals surface area (Å²) in [6.45, 7) is 2.07. The van der Waals surface area contributed by atoms with E-state index in [2.05, 4.69) is 6.92 Å². The van der Waals surface area contributed by atoms with Crippen molar-refractivity contribution in [2.45, 2.75) is 32.6 Å². The highest BCUT2D eigenvalue weighted by Gasteiger charge is 2.32. The zero-order valence-corrected chi connectivity index (χ0v) is 10.0. The van der Waals surface area contributed by atoms with Crippen LogP contribution in [-0.4, -0.2) is 34.4 Å². The minimum Gasteiger partial charge on any atom is -0.329 e. The van der Waals surface area contributed by atoms with Crippen molar-refractivity contribution < 1.29 is 19.2 Å². The fraction of sp³-hybridized carbons (Fsp3) is 0.700. The highest BCUT2D eigenvalue weighted by Crippen LogP contribution is 2.13. The third-order valence-electron chi connectivity index (χ3n) is 2.06. The molecule has 1 rings (SSSR count). The summed E-state index contributed by atoms with van der Waals surface area (Å²) >= 11 is 1.45. The van der Waals surface area contributed by atoms with Crippen molar-refractivity contribution in [1.29, 1.82) is 0 Å². The fourth-order valence-corrected chi connectivity index (χ4v) is 2.04. The number of hydroxylamine groups is 2. The number of carbonyl (C=O) groups is 3. The van der Waals surface area contributed by atoms with Gasteiger partial charge in [0.05, 0.1) is 5.75 Å². The molecule has 0 unspecified atom stereocenters. The van der Waals surface area contributed by atoms with Crippen molar-refractivity contribution >= 4 is 29.5 Å². The summed E-state index contributed by atoms with van der Waals surface area (Å²) in [4.78, 5) is 38.2. The SMILES string of the molecule is CCCCSCC(=O)ON1C(=O)CCC1=O. The quantitative estimate of drug-likeness (QED) is 0.518. The van der Waals surface area contributed by atoms with Crippen LogP contribution in [0.4, 0.5) is 0 Å². The van der Waals surface area contributed by atoms with Crippen LogP contribution in [0.1, 0.15) is 32.6 Å². The van der Waals surface area contributed by atoms with Crippen molar-refractivity contribution in [3.05, 3.63) is 0 Å². The molecule has 1 fully saturated rings. The van der Waals surface area contributed by atoms with Gasteiger partial charge in [0.25, 0.3) is 11.8 Å². The summed E-state index contributed by atoms with van der Waals surface area (Å²) in [6, 6.07) is 0. The molecule has 0 aliphatic carbocycles. The normalized spacial score (nSPS) is 15.7. The third-order valence-corrected chi connectivity index (χ3v) is 3.08. The van der Waals surface area contributed by atoms with Gasteiger partial charge in [-0.25, -0.2) is 4.79 Å². The Morgan fingerprint density at radius 1 is 1.38 bits per heavy atom. The smallest absolute Gasteiger partial charge is 0.329 e. The molecule has 6 heteroatoms. The molecule has 5 nitrogen and oxygen atoms in total. The number of unbranched alkanes of at least 4 members (excludes halogenated alkanes) is 1. The minimum absolute atomic E-state index is 0.134. The second-order valence-corrected chi connectivity index (χ2v) is 4.56. The molecule has 16 heavy (non-hydrogen) atoms. The van der Waals surface area contributed by atoms with Gasteiger partial charge in [0.2, 0.25) is 0 Å². The van der Waals surface area contributed by atoms with Crippen molar-refractivity contribution in [1.82, 2.24) is 5.06 Å². The van der Waals surface area contributed by atoms with Crippen LogP contribution in [0, 0.1) is 0 Å². The first-order chi connectivity index (χ1) is 7.65. The molecule has 0 spiro atoms. The van der Waals surface area contributed by atoms with Gasteiger partial charge in [-0.3, -0.25) is 9.59 Å². The van der Waals surface area contributed by atoms with E-state index in [1.807, 2.05) is 0 Å². The van der Waals surface area contributed by atoms with E-state index in [0.717, 1.165) is 18.6 Å². The Balaban J connectivity index is 2.23. The standard InChI is InChI=1S/C10H15NO4S/c1-2-3-6-16-7-10(14)15-11-8(12)4-5-9(11)13/h2-7H2,1H3. The van der Waals surface area contributed by atoms with Gasteiger partial charge in [-0.2, -0.15) is 11.8 Å². The summed E-state index contributed by atoms with van der Waals surface area (Å²) in [7, 11) is 0. The van der Waals surface area contributed by atoms with E-state index in [9.17, 15) is 14.4 Å². The molecule has 0 radical (unpaired) electrons. The molecule has 2 amide bonds. The molecule has 1 heterocycles. The molecular weight excluding hydrogens is 230 g/mol. The Labute approximate surface area is 98.5 Å². The van der Waals surface area contributed by atoms with Crippen LogP contribution in [0.5, 0.6) is 0 Å². The van der Waals surface area contributed by atoms with Crippen molar-refractivity contribution in [3.63, 3.8) is 0 Å². The number of thioether (sulfide) groups is 1. The van der Waals surface area contributed by atoms with Crippen molar-refractivity contribution in [2.75, 3.05) is 11.5 Å². The number of hydrogen-bond acceptors (Lipinski definition) is 5. The van der Waals surface area contributed by atoms with Gasteiger partial charge in [-0.1, -0.05) is 13.3 Å². The zero-order chi connectivity index (χ0) is 12.0. The lowest BCUT2D eigenvalue weighted by Gasteiger charge is -2.12. The Kier molecular flexibility index (Phi) is 5.31. The van der Waals surface area contributed by atoms with E-state index in [4.69, 9.17) is 4.84 Å². The van der Waals surface area contributed by atoms with Crippen LogP contribution in [0.3, 0.4) is 0 Å². The summed E-state index contributed by atoms with van der Waals surface area (Å²) in [6.07, 6.45) is 2.38. The third kappa shape index (κ3) is 3.84. The van der Waals surface area contributed by atoms with E-state index in [-0.39, 0.29) is 18.6 Å². The highest BCUT2D eigenvalue weighted by atomic mass is 32.2. The number of carbonyl (C=O) groups excluding carboxylic acids is 3. The molecule has 1 saturated heterocycles. The van der Waals surface area contributed by atoms with Gasteiger partial charge in [-0.05, 0) is 12.2 Å². The maximum absolute atomic E-state index is 11.3. The predicted octanol–water partition coefficient (Wildman–Crippen LogP) is 1.13.